The maximum absolute atomic E-state index is 12.5. The Balaban J connectivity index is 3.14. The maximum Gasteiger partial charge on any atom is 0.185 e. The van der Waals surface area contributed by atoms with Crippen LogP contribution in [0.5, 0.6) is 5.75 Å². The van der Waals surface area contributed by atoms with Crippen LogP contribution in [0.4, 0.5) is 0 Å². The molecule has 1 nitrogen and oxygen atoms in total. The third kappa shape index (κ3) is 4.56. The van der Waals surface area contributed by atoms with Crippen LogP contribution in [-0.4, -0.2) is 0 Å². The molecule has 0 fully saturated rings. The van der Waals surface area contributed by atoms with Gasteiger partial charge in [0.25, 0.3) is 0 Å². The predicted octanol–water partition coefficient (Wildman–Crippen LogP) is 5.81. The average Bonchev–Trinajstić information content (AvgIpc) is 2.34. The van der Waals surface area contributed by atoms with Crippen molar-refractivity contribution in [1.29, 1.82) is 0 Å². The molecule has 1 rings (SSSR count). The lowest BCUT2D eigenvalue weighted by molar-refractivity contribution is 0.343. The van der Waals surface area contributed by atoms with Gasteiger partial charge in [0.05, 0.1) is 0 Å². The van der Waals surface area contributed by atoms with Gasteiger partial charge in [-0.25, -0.2) is 0 Å². The number of unbranched alkanes of at least 4 members (excludes halogenated alkanes) is 2. The highest BCUT2D eigenvalue weighted by Gasteiger charge is 2.19. The van der Waals surface area contributed by atoms with Crippen molar-refractivity contribution < 1.29 is 5.11 Å². The molecule has 1 heteroatoms. The Morgan fingerprint density at radius 3 is 1.63 bits per heavy atom. The fourth-order valence-corrected chi connectivity index (χ4v) is 2.29. The van der Waals surface area contributed by atoms with Gasteiger partial charge in [0.1, 0.15) is 0 Å². The smallest absolute Gasteiger partial charge is 0.185 e. The van der Waals surface area contributed by atoms with Crippen LogP contribution < -0.4 is 0 Å². The van der Waals surface area contributed by atoms with E-state index in [0.717, 1.165) is 49.7 Å². The molecule has 0 aliphatic rings. The Labute approximate surface area is 119 Å². The standard InChI is InChI=1S/C18H29O/c1-6-8-10-14-12-16(18(3,4)5)13-15(17(14)19)11-9-7-2/h12-13H,6-11H2,1-5H3. The first kappa shape index (κ1) is 16.1. The first-order valence-electron chi connectivity index (χ1n) is 7.73. The summed E-state index contributed by atoms with van der Waals surface area (Å²) in [4.78, 5) is 0. The first-order chi connectivity index (χ1) is 8.90. The van der Waals surface area contributed by atoms with E-state index < -0.39 is 0 Å². The van der Waals surface area contributed by atoms with Crippen molar-refractivity contribution in [3.8, 4) is 5.75 Å². The van der Waals surface area contributed by atoms with Crippen LogP contribution in [0.15, 0.2) is 12.1 Å². The lowest BCUT2D eigenvalue weighted by Gasteiger charge is -2.22. The zero-order valence-electron chi connectivity index (χ0n) is 13.3. The van der Waals surface area contributed by atoms with Gasteiger partial charge in [0, 0.05) is 11.1 Å². The van der Waals surface area contributed by atoms with Crippen molar-refractivity contribution in [2.45, 2.75) is 78.6 Å². The normalized spacial score (nSPS) is 11.8. The molecule has 0 saturated carbocycles. The monoisotopic (exact) mass is 261 g/mol. The summed E-state index contributed by atoms with van der Waals surface area (Å²) in [6, 6.07) is 4.29. The van der Waals surface area contributed by atoms with E-state index in [0.29, 0.717) is 5.75 Å². The average molecular weight is 261 g/mol. The summed E-state index contributed by atoms with van der Waals surface area (Å²) in [7, 11) is 0. The predicted molar refractivity (Wildman–Crippen MR) is 82.5 cm³/mol. The van der Waals surface area contributed by atoms with Gasteiger partial charge in [-0.1, -0.05) is 59.6 Å². The van der Waals surface area contributed by atoms with Gasteiger partial charge in [-0.05, 0) is 36.7 Å². The largest absolute Gasteiger partial charge is 0.289 e. The summed E-state index contributed by atoms with van der Waals surface area (Å²) >= 11 is 0. The lowest BCUT2D eigenvalue weighted by Crippen LogP contribution is -2.12. The molecule has 0 atom stereocenters. The topological polar surface area (TPSA) is 19.9 Å². The minimum Gasteiger partial charge on any atom is -0.289 e. The van der Waals surface area contributed by atoms with Crippen molar-refractivity contribution in [2.75, 3.05) is 0 Å². The van der Waals surface area contributed by atoms with Crippen LogP contribution >= 0.6 is 0 Å². The minimum absolute atomic E-state index is 0.121. The van der Waals surface area contributed by atoms with Gasteiger partial charge in [0.2, 0.25) is 0 Å². The number of hydrogen-bond donors (Lipinski definition) is 0. The highest BCUT2D eigenvalue weighted by molar-refractivity contribution is 5.45. The number of hydrogen-bond acceptors (Lipinski definition) is 0. The van der Waals surface area contributed by atoms with Gasteiger partial charge in [-0.3, -0.25) is 5.11 Å². The highest BCUT2D eigenvalue weighted by atomic mass is 16.3. The fraction of sp³-hybridized carbons (Fsp3) is 0.667. The summed E-state index contributed by atoms with van der Waals surface area (Å²) in [5.74, 6) is 0.301. The van der Waals surface area contributed by atoms with E-state index in [4.69, 9.17) is 0 Å². The van der Waals surface area contributed by atoms with Crippen LogP contribution in [-0.2, 0) is 23.4 Å². The molecular weight excluding hydrogens is 232 g/mol. The van der Waals surface area contributed by atoms with E-state index in [9.17, 15) is 5.11 Å². The molecule has 0 aliphatic heterocycles. The molecule has 107 valence electrons. The number of rotatable bonds is 6. The van der Waals surface area contributed by atoms with Gasteiger partial charge in [0.15, 0.2) is 5.75 Å². The minimum atomic E-state index is 0.121. The van der Waals surface area contributed by atoms with Crippen molar-refractivity contribution >= 4 is 0 Å². The Bertz CT molecular complexity index is 370. The fourth-order valence-electron chi connectivity index (χ4n) is 2.29. The quantitative estimate of drug-likeness (QED) is 0.615. The Hall–Kier alpha value is -0.980. The van der Waals surface area contributed by atoms with E-state index in [1.807, 2.05) is 0 Å². The van der Waals surface area contributed by atoms with Gasteiger partial charge < -0.3 is 0 Å². The molecule has 1 aromatic rings. The van der Waals surface area contributed by atoms with Crippen LogP contribution in [0.3, 0.4) is 0 Å². The number of aryl methyl sites for hydroxylation is 2. The summed E-state index contributed by atoms with van der Waals surface area (Å²) < 4.78 is 0. The van der Waals surface area contributed by atoms with E-state index in [1.165, 1.54) is 5.56 Å². The third-order valence-corrected chi connectivity index (χ3v) is 3.71. The van der Waals surface area contributed by atoms with Gasteiger partial charge in [-0.2, -0.15) is 0 Å². The van der Waals surface area contributed by atoms with E-state index in [-0.39, 0.29) is 5.41 Å². The maximum atomic E-state index is 12.5. The molecular formula is C18H29O. The van der Waals surface area contributed by atoms with Crippen LogP contribution in [0.1, 0.15) is 77.0 Å². The van der Waals surface area contributed by atoms with E-state index >= 15 is 0 Å². The van der Waals surface area contributed by atoms with E-state index in [1.54, 1.807) is 0 Å². The van der Waals surface area contributed by atoms with Crippen LogP contribution in [0.2, 0.25) is 0 Å². The zero-order valence-corrected chi connectivity index (χ0v) is 13.3. The first-order valence-corrected chi connectivity index (χ1v) is 7.73. The SMILES string of the molecule is CCCCc1cc(C(C)(C)C)cc(CCCC)c1[O]. The highest BCUT2D eigenvalue weighted by Crippen LogP contribution is 2.33. The molecule has 0 aromatic heterocycles. The van der Waals surface area contributed by atoms with Crippen molar-refractivity contribution in [3.05, 3.63) is 28.8 Å². The molecule has 0 heterocycles. The number of benzene rings is 1. The van der Waals surface area contributed by atoms with Gasteiger partial charge >= 0.3 is 0 Å². The summed E-state index contributed by atoms with van der Waals surface area (Å²) in [5.41, 5.74) is 3.49. The molecule has 19 heavy (non-hydrogen) atoms. The second-order valence-electron chi connectivity index (χ2n) is 6.58. The van der Waals surface area contributed by atoms with Crippen molar-refractivity contribution in [2.24, 2.45) is 0 Å². The zero-order chi connectivity index (χ0) is 14.5. The Morgan fingerprint density at radius 2 is 1.32 bits per heavy atom. The van der Waals surface area contributed by atoms with Gasteiger partial charge in [-0.15, -0.1) is 0 Å². The second-order valence-corrected chi connectivity index (χ2v) is 6.58. The molecule has 0 amide bonds. The third-order valence-electron chi connectivity index (χ3n) is 3.71. The molecule has 1 aromatic carbocycles. The molecule has 1 radical (unpaired) electrons. The molecule has 0 unspecified atom stereocenters. The lowest BCUT2D eigenvalue weighted by atomic mass is 9.83. The van der Waals surface area contributed by atoms with E-state index in [2.05, 4.69) is 46.8 Å². The summed E-state index contributed by atoms with van der Waals surface area (Å²) in [5, 5.41) is 12.5. The molecule has 0 bridgehead atoms. The van der Waals surface area contributed by atoms with Crippen LogP contribution in [0, 0.1) is 0 Å². The molecule has 0 spiro atoms. The molecule has 0 saturated heterocycles. The Kier molecular flexibility index (Phi) is 5.90. The summed E-state index contributed by atoms with van der Waals surface area (Å²) in [6.07, 6.45) is 6.36. The van der Waals surface area contributed by atoms with Crippen molar-refractivity contribution in [1.82, 2.24) is 0 Å². The molecule has 0 aliphatic carbocycles. The Morgan fingerprint density at radius 1 is 0.895 bits per heavy atom. The van der Waals surface area contributed by atoms with Crippen LogP contribution in [0.25, 0.3) is 0 Å². The summed E-state index contributed by atoms with van der Waals surface area (Å²) in [6.45, 7) is 11.0. The second kappa shape index (κ2) is 6.98. The van der Waals surface area contributed by atoms with Crippen molar-refractivity contribution in [3.63, 3.8) is 0 Å². The molecule has 0 N–H and O–H groups in total.